The third-order valence-electron chi connectivity index (χ3n) is 4.22. The lowest BCUT2D eigenvalue weighted by atomic mass is 9.96. The highest BCUT2D eigenvalue weighted by atomic mass is 16.5. The van der Waals surface area contributed by atoms with Crippen molar-refractivity contribution in [3.05, 3.63) is 23.8 Å². The molecule has 5 nitrogen and oxygen atoms in total. The lowest BCUT2D eigenvalue weighted by Crippen LogP contribution is -2.35. The molecule has 23 heavy (non-hydrogen) atoms. The highest BCUT2D eigenvalue weighted by molar-refractivity contribution is 5.95. The second-order valence-electron chi connectivity index (χ2n) is 5.95. The average Bonchev–Trinajstić information content (AvgIpc) is 2.54. The molecule has 0 bridgehead atoms. The van der Waals surface area contributed by atoms with E-state index in [1.54, 1.807) is 25.3 Å². The number of methoxy groups -OCH3 is 1. The van der Waals surface area contributed by atoms with Crippen molar-refractivity contribution >= 4 is 5.91 Å². The molecule has 1 aliphatic carbocycles. The van der Waals surface area contributed by atoms with Crippen LogP contribution in [0.4, 0.5) is 0 Å². The minimum atomic E-state index is -0.0817. The summed E-state index contributed by atoms with van der Waals surface area (Å²) in [7, 11) is 1.55. The van der Waals surface area contributed by atoms with Gasteiger partial charge >= 0.3 is 0 Å². The quantitative estimate of drug-likeness (QED) is 0.845. The summed E-state index contributed by atoms with van der Waals surface area (Å²) in [5, 5.41) is 12.0. The molecule has 0 aliphatic heterocycles. The number of aliphatic hydroxyl groups excluding tert-OH is 1. The molecule has 2 rings (SSSR count). The van der Waals surface area contributed by atoms with Crippen LogP contribution in [0.15, 0.2) is 18.2 Å². The number of benzene rings is 1. The molecular formula is C18H27NO4. The van der Waals surface area contributed by atoms with Gasteiger partial charge in [-0.1, -0.05) is 32.1 Å². The Hall–Kier alpha value is -1.75. The molecule has 0 heterocycles. The van der Waals surface area contributed by atoms with Crippen LogP contribution in [0.3, 0.4) is 0 Å². The molecule has 1 fully saturated rings. The predicted molar refractivity (Wildman–Crippen MR) is 89.1 cm³/mol. The van der Waals surface area contributed by atoms with E-state index in [-0.39, 0.29) is 25.2 Å². The van der Waals surface area contributed by atoms with Gasteiger partial charge < -0.3 is 19.9 Å². The van der Waals surface area contributed by atoms with Gasteiger partial charge in [0.2, 0.25) is 0 Å². The predicted octanol–water partition coefficient (Wildman–Crippen LogP) is 2.91. The van der Waals surface area contributed by atoms with E-state index in [4.69, 9.17) is 14.6 Å². The summed E-state index contributed by atoms with van der Waals surface area (Å²) in [6.07, 6.45) is 8.29. The monoisotopic (exact) mass is 321 g/mol. The van der Waals surface area contributed by atoms with Crippen LogP contribution in [0.2, 0.25) is 0 Å². The highest BCUT2D eigenvalue weighted by Gasteiger charge is 2.16. The topological polar surface area (TPSA) is 67.8 Å². The van der Waals surface area contributed by atoms with Gasteiger partial charge in [-0.25, -0.2) is 0 Å². The zero-order valence-electron chi connectivity index (χ0n) is 13.8. The molecule has 0 unspecified atom stereocenters. The van der Waals surface area contributed by atoms with Crippen molar-refractivity contribution in [2.75, 3.05) is 20.3 Å². The van der Waals surface area contributed by atoms with Crippen LogP contribution in [-0.4, -0.2) is 37.4 Å². The Morgan fingerprint density at radius 3 is 2.52 bits per heavy atom. The Morgan fingerprint density at radius 1 is 1.17 bits per heavy atom. The number of nitrogens with one attached hydrogen (secondary N) is 1. The Kier molecular flexibility index (Phi) is 7.20. The molecule has 1 aromatic rings. The van der Waals surface area contributed by atoms with Crippen LogP contribution in [0, 0.1) is 0 Å². The van der Waals surface area contributed by atoms with Gasteiger partial charge in [0.15, 0.2) is 11.5 Å². The Labute approximate surface area is 138 Å². The van der Waals surface area contributed by atoms with E-state index >= 15 is 0 Å². The van der Waals surface area contributed by atoms with Crippen molar-refractivity contribution in [2.45, 2.75) is 51.0 Å². The summed E-state index contributed by atoms with van der Waals surface area (Å²) in [5.41, 5.74) is 0.556. The van der Waals surface area contributed by atoms with Gasteiger partial charge in [-0.15, -0.1) is 0 Å². The molecule has 0 aromatic heterocycles. The minimum absolute atomic E-state index is 0.0768. The van der Waals surface area contributed by atoms with Crippen LogP contribution in [0.1, 0.15) is 55.3 Å². The summed E-state index contributed by atoms with van der Waals surface area (Å²) in [4.78, 5) is 12.5. The van der Waals surface area contributed by atoms with Crippen molar-refractivity contribution < 1.29 is 19.4 Å². The van der Waals surface area contributed by atoms with Crippen molar-refractivity contribution in [3.8, 4) is 11.5 Å². The molecule has 5 heteroatoms. The van der Waals surface area contributed by atoms with E-state index in [0.717, 1.165) is 12.8 Å². The van der Waals surface area contributed by atoms with E-state index in [0.29, 0.717) is 17.1 Å². The van der Waals surface area contributed by atoms with Gasteiger partial charge in [-0.2, -0.15) is 0 Å². The number of carbonyl (C=O) groups is 1. The summed E-state index contributed by atoms with van der Waals surface area (Å²) in [6.45, 7) is 0.0890. The summed E-state index contributed by atoms with van der Waals surface area (Å²) in [6, 6.07) is 5.39. The molecular weight excluding hydrogens is 294 g/mol. The Balaban J connectivity index is 2.02. The second-order valence-corrected chi connectivity index (χ2v) is 5.95. The van der Waals surface area contributed by atoms with E-state index in [1.807, 2.05) is 0 Å². The molecule has 0 atom stereocenters. The maximum Gasteiger partial charge on any atom is 0.251 e. The third kappa shape index (κ3) is 5.43. The largest absolute Gasteiger partial charge is 0.493 e. The fourth-order valence-electron chi connectivity index (χ4n) is 2.96. The first-order valence-corrected chi connectivity index (χ1v) is 8.47. The smallest absolute Gasteiger partial charge is 0.251 e. The minimum Gasteiger partial charge on any atom is -0.493 e. The number of amides is 1. The summed E-state index contributed by atoms with van der Waals surface area (Å²) < 4.78 is 10.7. The first kappa shape index (κ1) is 17.6. The Bertz CT molecular complexity index is 496. The highest BCUT2D eigenvalue weighted by Crippen LogP contribution is 2.28. The van der Waals surface area contributed by atoms with Gasteiger partial charge in [-0.3, -0.25) is 4.79 Å². The number of aliphatic hydroxyl groups is 1. The van der Waals surface area contributed by atoms with Crippen molar-refractivity contribution in [1.82, 2.24) is 5.32 Å². The molecule has 2 N–H and O–H groups in total. The molecule has 1 saturated carbocycles. The second kappa shape index (κ2) is 9.40. The van der Waals surface area contributed by atoms with E-state index in [1.165, 1.54) is 32.1 Å². The summed E-state index contributed by atoms with van der Waals surface area (Å²) >= 11 is 0. The standard InChI is InChI=1S/C18H27NO4/c1-22-16-10-9-14(13-17(16)23-12-11-20)18(21)19-15-7-5-3-2-4-6-8-15/h9-10,13,15,20H,2-8,11-12H2,1H3,(H,19,21). The van der Waals surface area contributed by atoms with Crippen LogP contribution in [-0.2, 0) is 0 Å². The molecule has 128 valence electrons. The van der Waals surface area contributed by atoms with Gasteiger partial charge in [0.25, 0.3) is 5.91 Å². The molecule has 0 radical (unpaired) electrons. The van der Waals surface area contributed by atoms with E-state index < -0.39 is 0 Å². The van der Waals surface area contributed by atoms with Crippen molar-refractivity contribution in [2.24, 2.45) is 0 Å². The van der Waals surface area contributed by atoms with E-state index in [2.05, 4.69) is 5.32 Å². The van der Waals surface area contributed by atoms with E-state index in [9.17, 15) is 4.79 Å². The lowest BCUT2D eigenvalue weighted by molar-refractivity contribution is 0.0930. The Morgan fingerprint density at radius 2 is 1.87 bits per heavy atom. The molecule has 0 saturated heterocycles. The maximum atomic E-state index is 12.5. The lowest BCUT2D eigenvalue weighted by Gasteiger charge is -2.21. The van der Waals surface area contributed by atoms with Gasteiger partial charge in [0.1, 0.15) is 6.61 Å². The number of ether oxygens (including phenoxy) is 2. The van der Waals surface area contributed by atoms with Crippen molar-refractivity contribution in [1.29, 1.82) is 0 Å². The zero-order chi connectivity index (χ0) is 16.5. The number of hydrogen-bond donors (Lipinski definition) is 2. The number of hydrogen-bond acceptors (Lipinski definition) is 4. The average molecular weight is 321 g/mol. The number of carbonyl (C=O) groups excluding carboxylic acids is 1. The fraction of sp³-hybridized carbons (Fsp3) is 0.611. The molecule has 1 aliphatic rings. The molecule has 1 amide bonds. The first-order chi connectivity index (χ1) is 11.2. The van der Waals surface area contributed by atoms with Gasteiger partial charge in [-0.05, 0) is 31.0 Å². The van der Waals surface area contributed by atoms with Gasteiger partial charge in [0.05, 0.1) is 13.7 Å². The van der Waals surface area contributed by atoms with Crippen LogP contribution in [0.25, 0.3) is 0 Å². The number of rotatable bonds is 6. The molecule has 0 spiro atoms. The fourth-order valence-corrected chi connectivity index (χ4v) is 2.96. The maximum absolute atomic E-state index is 12.5. The molecule has 1 aromatic carbocycles. The SMILES string of the molecule is COc1ccc(C(=O)NC2CCCCCCC2)cc1OCCO. The summed E-state index contributed by atoms with van der Waals surface area (Å²) in [5.74, 6) is 0.958. The van der Waals surface area contributed by atoms with Gasteiger partial charge in [0, 0.05) is 11.6 Å². The first-order valence-electron chi connectivity index (χ1n) is 8.47. The van der Waals surface area contributed by atoms with Crippen LogP contribution < -0.4 is 14.8 Å². The van der Waals surface area contributed by atoms with Crippen molar-refractivity contribution in [3.63, 3.8) is 0 Å². The zero-order valence-corrected chi connectivity index (χ0v) is 13.8. The van der Waals surface area contributed by atoms with Crippen LogP contribution >= 0.6 is 0 Å². The van der Waals surface area contributed by atoms with Crippen LogP contribution in [0.5, 0.6) is 11.5 Å². The third-order valence-corrected chi connectivity index (χ3v) is 4.22. The normalized spacial score (nSPS) is 16.3.